The summed E-state index contributed by atoms with van der Waals surface area (Å²) in [5.74, 6) is -4.58. The van der Waals surface area contributed by atoms with E-state index in [4.69, 9.17) is 9.84 Å². The quantitative estimate of drug-likeness (QED) is 0.791. The van der Waals surface area contributed by atoms with Crippen LogP contribution in [0.4, 0.5) is 8.78 Å². The lowest BCUT2D eigenvalue weighted by Crippen LogP contribution is -2.43. The van der Waals surface area contributed by atoms with Crippen LogP contribution in [0.3, 0.4) is 0 Å². The highest BCUT2D eigenvalue weighted by atomic mass is 19.2. The number of ether oxygens (including phenoxy) is 1. The molecule has 26 heavy (non-hydrogen) atoms. The fourth-order valence-electron chi connectivity index (χ4n) is 2.23. The molecule has 0 aliphatic heterocycles. The fourth-order valence-corrected chi connectivity index (χ4v) is 2.23. The average molecular weight is 363 g/mol. The van der Waals surface area contributed by atoms with Crippen LogP contribution in [0.15, 0.2) is 48.5 Å². The second-order valence-corrected chi connectivity index (χ2v) is 5.91. The molecule has 2 rings (SSSR count). The van der Waals surface area contributed by atoms with Crippen molar-refractivity contribution < 1.29 is 28.2 Å². The monoisotopic (exact) mass is 363 g/mol. The molecule has 0 saturated carbocycles. The summed E-state index contributed by atoms with van der Waals surface area (Å²) in [6.45, 7) is 3.04. The molecule has 1 amide bonds. The highest BCUT2D eigenvalue weighted by Gasteiger charge is 2.28. The Morgan fingerprint density at radius 3 is 2.27 bits per heavy atom. The second-order valence-electron chi connectivity index (χ2n) is 5.91. The third kappa shape index (κ3) is 4.78. The number of carboxylic acid groups (broad SMARTS) is 1. The van der Waals surface area contributed by atoms with Crippen LogP contribution >= 0.6 is 0 Å². The first-order valence-corrected chi connectivity index (χ1v) is 7.99. The van der Waals surface area contributed by atoms with Gasteiger partial charge in [0, 0.05) is 17.7 Å². The van der Waals surface area contributed by atoms with Gasteiger partial charge in [-0.15, -0.1) is 0 Å². The van der Waals surface area contributed by atoms with Crippen molar-refractivity contribution in [3.63, 3.8) is 0 Å². The van der Waals surface area contributed by atoms with Gasteiger partial charge < -0.3 is 15.2 Å². The summed E-state index contributed by atoms with van der Waals surface area (Å²) in [4.78, 5) is 23.7. The molecule has 138 valence electrons. The molecule has 0 aliphatic carbocycles. The summed E-state index contributed by atoms with van der Waals surface area (Å²) in [5.41, 5.74) is 0.491. The molecule has 0 aromatic heterocycles. The lowest BCUT2D eigenvalue weighted by Gasteiger charge is -2.23. The summed E-state index contributed by atoms with van der Waals surface area (Å²) < 4.78 is 32.1. The standard InChI is InChI=1S/C19H19F2NO4/c1-11(19(24)25)12(2)22-18(23)17(13-6-4-3-5-7-13)26-14-8-9-15(20)16(21)10-14/h3-12,17H,1-2H3,(H,22,23)(H,24,25). The second kappa shape index (κ2) is 8.42. The number of hydrogen-bond donors (Lipinski definition) is 2. The van der Waals surface area contributed by atoms with Crippen LogP contribution in [0.2, 0.25) is 0 Å². The number of halogens is 2. The molecule has 3 atom stereocenters. The van der Waals surface area contributed by atoms with Gasteiger partial charge in [-0.2, -0.15) is 0 Å². The minimum absolute atomic E-state index is 0.0214. The van der Waals surface area contributed by atoms with Crippen LogP contribution in [0, 0.1) is 17.6 Å². The normalized spacial score (nSPS) is 14.2. The predicted octanol–water partition coefficient (Wildman–Crippen LogP) is 3.31. The van der Waals surface area contributed by atoms with Crippen molar-refractivity contribution in [1.82, 2.24) is 5.32 Å². The van der Waals surface area contributed by atoms with E-state index in [2.05, 4.69) is 5.32 Å². The van der Waals surface area contributed by atoms with Crippen LogP contribution in [-0.4, -0.2) is 23.0 Å². The van der Waals surface area contributed by atoms with Gasteiger partial charge in [-0.25, -0.2) is 8.78 Å². The molecule has 7 heteroatoms. The van der Waals surface area contributed by atoms with Gasteiger partial charge in [0.15, 0.2) is 11.6 Å². The molecule has 0 saturated heterocycles. The number of rotatable bonds is 7. The Morgan fingerprint density at radius 2 is 1.69 bits per heavy atom. The maximum Gasteiger partial charge on any atom is 0.308 e. The number of hydrogen-bond acceptors (Lipinski definition) is 3. The van der Waals surface area contributed by atoms with E-state index in [1.54, 1.807) is 37.3 Å². The smallest absolute Gasteiger partial charge is 0.308 e. The summed E-state index contributed by atoms with van der Waals surface area (Å²) in [6.07, 6.45) is -1.15. The zero-order chi connectivity index (χ0) is 19.3. The van der Waals surface area contributed by atoms with Gasteiger partial charge in [0.2, 0.25) is 6.10 Å². The van der Waals surface area contributed by atoms with Crippen LogP contribution < -0.4 is 10.1 Å². The number of aliphatic carboxylic acids is 1. The number of carbonyl (C=O) groups excluding carboxylic acids is 1. The Hall–Kier alpha value is -2.96. The number of carbonyl (C=O) groups is 2. The highest BCUT2D eigenvalue weighted by molar-refractivity contribution is 5.83. The Kier molecular flexibility index (Phi) is 6.27. The van der Waals surface area contributed by atoms with Gasteiger partial charge in [0.05, 0.1) is 5.92 Å². The Morgan fingerprint density at radius 1 is 1.04 bits per heavy atom. The SMILES string of the molecule is CC(NC(=O)C(Oc1ccc(F)c(F)c1)c1ccccc1)C(C)C(=O)O. The lowest BCUT2D eigenvalue weighted by atomic mass is 10.0. The van der Waals surface area contributed by atoms with Gasteiger partial charge in [0.1, 0.15) is 5.75 Å². The van der Waals surface area contributed by atoms with Crippen LogP contribution in [-0.2, 0) is 9.59 Å². The molecule has 2 aromatic rings. The van der Waals surface area contributed by atoms with Crippen LogP contribution in [0.1, 0.15) is 25.5 Å². The van der Waals surface area contributed by atoms with E-state index >= 15 is 0 Å². The molecule has 0 spiro atoms. The number of nitrogens with one attached hydrogen (secondary N) is 1. The fraction of sp³-hybridized carbons (Fsp3) is 0.263. The van der Waals surface area contributed by atoms with Gasteiger partial charge in [-0.3, -0.25) is 9.59 Å². The van der Waals surface area contributed by atoms with E-state index in [1.807, 2.05) is 0 Å². The van der Waals surface area contributed by atoms with E-state index < -0.39 is 41.6 Å². The lowest BCUT2D eigenvalue weighted by molar-refractivity contribution is -0.142. The van der Waals surface area contributed by atoms with Crippen molar-refractivity contribution in [1.29, 1.82) is 0 Å². The van der Waals surface area contributed by atoms with Gasteiger partial charge >= 0.3 is 5.97 Å². The molecule has 5 nitrogen and oxygen atoms in total. The number of benzene rings is 2. The average Bonchev–Trinajstić information content (AvgIpc) is 2.62. The molecule has 0 aliphatic rings. The molecule has 2 N–H and O–H groups in total. The molecular formula is C19H19F2NO4. The summed E-state index contributed by atoms with van der Waals surface area (Å²) in [5, 5.41) is 11.6. The van der Waals surface area contributed by atoms with E-state index in [0.717, 1.165) is 12.1 Å². The molecule has 0 radical (unpaired) electrons. The molecule has 0 bridgehead atoms. The summed E-state index contributed by atoms with van der Waals surface area (Å²) in [7, 11) is 0. The van der Waals surface area contributed by atoms with Crippen molar-refractivity contribution in [2.45, 2.75) is 26.0 Å². The Labute approximate surface area is 149 Å². The molecule has 0 heterocycles. The predicted molar refractivity (Wildman–Crippen MR) is 90.6 cm³/mol. The van der Waals surface area contributed by atoms with Crippen LogP contribution in [0.5, 0.6) is 5.75 Å². The van der Waals surface area contributed by atoms with Crippen molar-refractivity contribution in [2.24, 2.45) is 5.92 Å². The molecule has 2 aromatic carbocycles. The highest BCUT2D eigenvalue weighted by Crippen LogP contribution is 2.24. The Bertz CT molecular complexity index is 782. The van der Waals surface area contributed by atoms with E-state index in [9.17, 15) is 18.4 Å². The topological polar surface area (TPSA) is 75.6 Å². The summed E-state index contributed by atoms with van der Waals surface area (Å²) >= 11 is 0. The first-order chi connectivity index (χ1) is 12.3. The maximum absolute atomic E-state index is 13.4. The Balaban J connectivity index is 2.25. The summed E-state index contributed by atoms with van der Waals surface area (Å²) in [6, 6.07) is 10.8. The first-order valence-electron chi connectivity index (χ1n) is 7.99. The third-order valence-electron chi connectivity index (χ3n) is 3.99. The largest absolute Gasteiger partial charge is 0.481 e. The zero-order valence-electron chi connectivity index (χ0n) is 14.3. The van der Waals surface area contributed by atoms with E-state index in [-0.39, 0.29) is 5.75 Å². The van der Waals surface area contributed by atoms with Crippen LogP contribution in [0.25, 0.3) is 0 Å². The van der Waals surface area contributed by atoms with E-state index in [0.29, 0.717) is 5.56 Å². The third-order valence-corrected chi connectivity index (χ3v) is 3.99. The van der Waals surface area contributed by atoms with Crippen molar-refractivity contribution in [3.05, 3.63) is 65.7 Å². The van der Waals surface area contributed by atoms with E-state index in [1.165, 1.54) is 13.0 Å². The van der Waals surface area contributed by atoms with Crippen molar-refractivity contribution >= 4 is 11.9 Å². The minimum Gasteiger partial charge on any atom is -0.481 e. The number of carboxylic acids is 1. The van der Waals surface area contributed by atoms with Gasteiger partial charge in [-0.05, 0) is 26.0 Å². The zero-order valence-corrected chi connectivity index (χ0v) is 14.3. The minimum atomic E-state index is -1.15. The van der Waals surface area contributed by atoms with Crippen molar-refractivity contribution in [3.8, 4) is 5.75 Å². The first kappa shape index (κ1) is 19.4. The molecule has 0 fully saturated rings. The number of amides is 1. The molecule has 3 unspecified atom stereocenters. The van der Waals surface area contributed by atoms with Crippen molar-refractivity contribution in [2.75, 3.05) is 0 Å². The molecular weight excluding hydrogens is 344 g/mol. The van der Waals surface area contributed by atoms with Gasteiger partial charge in [0.25, 0.3) is 5.91 Å². The van der Waals surface area contributed by atoms with Gasteiger partial charge in [-0.1, -0.05) is 30.3 Å². The maximum atomic E-state index is 13.4.